The van der Waals surface area contributed by atoms with Gasteiger partial charge in [0.1, 0.15) is 11.9 Å². The Bertz CT molecular complexity index is 349. The summed E-state index contributed by atoms with van der Waals surface area (Å²) < 4.78 is 4.78. The molecule has 13 heavy (non-hydrogen) atoms. The molecule has 0 fully saturated rings. The van der Waals surface area contributed by atoms with Gasteiger partial charge in [-0.3, -0.25) is 0 Å². The molecule has 3 heteroatoms. The van der Waals surface area contributed by atoms with Gasteiger partial charge in [-0.25, -0.2) is 0 Å². The average Bonchev–Trinajstić information content (AvgIpc) is 2.17. The maximum Gasteiger partial charge on any atom is 0.170 e. The SMILES string of the molecule is CN1CC=Cc2cccc(OCl)c21. The first-order valence-corrected chi connectivity index (χ1v) is 4.43. The van der Waals surface area contributed by atoms with Crippen LogP contribution in [0.2, 0.25) is 0 Å². The van der Waals surface area contributed by atoms with Crippen molar-refractivity contribution in [3.8, 4) is 5.75 Å². The molecule has 0 bridgehead atoms. The molecule has 0 spiro atoms. The van der Waals surface area contributed by atoms with Crippen LogP contribution in [0.15, 0.2) is 24.3 Å². The Morgan fingerprint density at radius 1 is 1.46 bits per heavy atom. The van der Waals surface area contributed by atoms with E-state index in [4.69, 9.17) is 16.2 Å². The number of likely N-dealkylation sites (N-methyl/N-ethyl adjacent to an activating group) is 1. The molecule has 68 valence electrons. The molecule has 0 saturated carbocycles. The Balaban J connectivity index is 2.58. The van der Waals surface area contributed by atoms with Gasteiger partial charge < -0.3 is 9.19 Å². The Morgan fingerprint density at radius 3 is 3.08 bits per heavy atom. The Kier molecular flexibility index (Phi) is 2.15. The number of fused-ring (bicyclic) bond motifs is 1. The molecule has 1 heterocycles. The van der Waals surface area contributed by atoms with Crippen molar-refractivity contribution >= 4 is 23.6 Å². The molecule has 0 unspecified atom stereocenters. The normalized spacial score (nSPS) is 14.2. The van der Waals surface area contributed by atoms with Gasteiger partial charge in [0.25, 0.3) is 0 Å². The minimum atomic E-state index is 0.714. The first-order chi connectivity index (χ1) is 6.33. The van der Waals surface area contributed by atoms with Crippen molar-refractivity contribution < 1.29 is 4.29 Å². The Hall–Kier alpha value is -1.15. The summed E-state index contributed by atoms with van der Waals surface area (Å²) in [5.74, 6) is 0.714. The summed E-state index contributed by atoms with van der Waals surface area (Å²) in [5, 5.41) is 0. The second-order valence-corrected chi connectivity index (χ2v) is 3.21. The predicted octanol–water partition coefficient (Wildman–Crippen LogP) is 2.68. The van der Waals surface area contributed by atoms with Gasteiger partial charge in [0.2, 0.25) is 0 Å². The van der Waals surface area contributed by atoms with Crippen LogP contribution in [0.3, 0.4) is 0 Å². The molecule has 0 aliphatic carbocycles. The van der Waals surface area contributed by atoms with Crippen molar-refractivity contribution in [3.63, 3.8) is 0 Å². The lowest BCUT2D eigenvalue weighted by molar-refractivity contribution is 0.617. The smallest absolute Gasteiger partial charge is 0.170 e. The second-order valence-electron chi connectivity index (χ2n) is 3.05. The summed E-state index contributed by atoms with van der Waals surface area (Å²) >= 11 is 5.38. The zero-order valence-electron chi connectivity index (χ0n) is 7.33. The van der Waals surface area contributed by atoms with E-state index in [1.807, 2.05) is 25.2 Å². The van der Waals surface area contributed by atoms with Crippen molar-refractivity contribution in [1.82, 2.24) is 0 Å². The van der Waals surface area contributed by atoms with Crippen LogP contribution >= 0.6 is 11.9 Å². The van der Waals surface area contributed by atoms with E-state index in [0.29, 0.717) is 5.75 Å². The van der Waals surface area contributed by atoms with Gasteiger partial charge in [-0.1, -0.05) is 24.3 Å². The molecule has 2 rings (SSSR count). The standard InChI is InChI=1S/C10H10ClNO/c1-12-7-3-5-8-4-2-6-9(13-11)10(8)12/h2-6H,7H2,1H3. The van der Waals surface area contributed by atoms with Crippen LogP contribution in [0.1, 0.15) is 5.56 Å². The average molecular weight is 196 g/mol. The molecule has 1 aliphatic rings. The number of anilines is 1. The minimum absolute atomic E-state index is 0.714. The molecule has 0 N–H and O–H groups in total. The Labute approximate surface area is 82.5 Å². The molecule has 0 aromatic heterocycles. The van der Waals surface area contributed by atoms with Gasteiger partial charge >= 0.3 is 0 Å². The van der Waals surface area contributed by atoms with Gasteiger partial charge in [-0.05, 0) is 6.07 Å². The number of benzene rings is 1. The van der Waals surface area contributed by atoms with Crippen LogP contribution in [0.5, 0.6) is 5.75 Å². The summed E-state index contributed by atoms with van der Waals surface area (Å²) in [6, 6.07) is 5.84. The maximum atomic E-state index is 5.38. The zero-order chi connectivity index (χ0) is 9.26. The van der Waals surface area contributed by atoms with Crippen LogP contribution < -0.4 is 9.19 Å². The van der Waals surface area contributed by atoms with E-state index in [2.05, 4.69) is 17.1 Å². The quantitative estimate of drug-likeness (QED) is 0.683. The third-order valence-electron chi connectivity index (χ3n) is 2.17. The van der Waals surface area contributed by atoms with Gasteiger partial charge in [0.15, 0.2) is 5.75 Å². The molecule has 1 aromatic rings. The summed E-state index contributed by atoms with van der Waals surface area (Å²) in [4.78, 5) is 2.10. The van der Waals surface area contributed by atoms with Crippen molar-refractivity contribution in [3.05, 3.63) is 29.8 Å². The van der Waals surface area contributed by atoms with Crippen LogP contribution in [0.4, 0.5) is 5.69 Å². The van der Waals surface area contributed by atoms with E-state index in [1.165, 1.54) is 0 Å². The molecule has 0 atom stereocenters. The lowest BCUT2D eigenvalue weighted by Gasteiger charge is -2.24. The predicted molar refractivity (Wildman–Crippen MR) is 55.2 cm³/mol. The molecular weight excluding hydrogens is 186 g/mol. The molecule has 1 aliphatic heterocycles. The number of hydrogen-bond donors (Lipinski definition) is 0. The van der Waals surface area contributed by atoms with E-state index in [1.54, 1.807) is 0 Å². The third-order valence-corrected chi connectivity index (χ3v) is 2.34. The fourth-order valence-electron chi connectivity index (χ4n) is 1.57. The molecule has 0 amide bonds. The zero-order valence-corrected chi connectivity index (χ0v) is 8.08. The fraction of sp³-hybridized carbons (Fsp3) is 0.200. The highest BCUT2D eigenvalue weighted by Crippen LogP contribution is 2.34. The minimum Gasteiger partial charge on any atom is -0.383 e. The van der Waals surface area contributed by atoms with Crippen molar-refractivity contribution in [1.29, 1.82) is 0 Å². The number of para-hydroxylation sites is 1. The molecular formula is C10H10ClNO. The summed E-state index contributed by atoms with van der Waals surface area (Å²) in [7, 11) is 2.02. The third kappa shape index (κ3) is 1.38. The monoisotopic (exact) mass is 195 g/mol. The Morgan fingerprint density at radius 2 is 2.31 bits per heavy atom. The van der Waals surface area contributed by atoms with E-state index in [0.717, 1.165) is 17.8 Å². The number of halogens is 1. The van der Waals surface area contributed by atoms with E-state index in [9.17, 15) is 0 Å². The van der Waals surface area contributed by atoms with Crippen LogP contribution in [0, 0.1) is 0 Å². The summed E-state index contributed by atoms with van der Waals surface area (Å²) in [6.07, 6.45) is 4.19. The number of hydrogen-bond acceptors (Lipinski definition) is 2. The summed E-state index contributed by atoms with van der Waals surface area (Å²) in [6.45, 7) is 0.893. The highest BCUT2D eigenvalue weighted by atomic mass is 35.5. The van der Waals surface area contributed by atoms with Crippen LogP contribution in [0.25, 0.3) is 6.08 Å². The lowest BCUT2D eigenvalue weighted by Crippen LogP contribution is -2.20. The first kappa shape index (κ1) is 8.45. The van der Waals surface area contributed by atoms with Crippen LogP contribution in [-0.2, 0) is 0 Å². The first-order valence-electron chi connectivity index (χ1n) is 4.12. The summed E-state index contributed by atoms with van der Waals surface area (Å²) in [5.41, 5.74) is 2.20. The molecule has 2 nitrogen and oxygen atoms in total. The van der Waals surface area contributed by atoms with Crippen LogP contribution in [-0.4, -0.2) is 13.6 Å². The number of nitrogens with zero attached hydrogens (tertiary/aromatic N) is 1. The van der Waals surface area contributed by atoms with Crippen molar-refractivity contribution in [2.75, 3.05) is 18.5 Å². The largest absolute Gasteiger partial charge is 0.383 e. The van der Waals surface area contributed by atoms with Crippen molar-refractivity contribution in [2.24, 2.45) is 0 Å². The van der Waals surface area contributed by atoms with Gasteiger partial charge in [0, 0.05) is 19.2 Å². The highest BCUT2D eigenvalue weighted by Gasteiger charge is 2.14. The molecule has 1 aromatic carbocycles. The van der Waals surface area contributed by atoms with E-state index >= 15 is 0 Å². The second kappa shape index (κ2) is 3.30. The molecule has 0 radical (unpaired) electrons. The van der Waals surface area contributed by atoms with Gasteiger partial charge in [0.05, 0.1) is 5.69 Å². The van der Waals surface area contributed by atoms with Crippen molar-refractivity contribution in [2.45, 2.75) is 0 Å². The number of rotatable bonds is 1. The van der Waals surface area contributed by atoms with E-state index < -0.39 is 0 Å². The lowest BCUT2D eigenvalue weighted by atomic mass is 10.1. The fourth-order valence-corrected chi connectivity index (χ4v) is 1.70. The molecule has 0 saturated heterocycles. The highest BCUT2D eigenvalue weighted by molar-refractivity contribution is 6.09. The van der Waals surface area contributed by atoms with Gasteiger partial charge in [-0.15, -0.1) is 0 Å². The maximum absolute atomic E-state index is 5.38. The van der Waals surface area contributed by atoms with E-state index in [-0.39, 0.29) is 0 Å². The topological polar surface area (TPSA) is 12.5 Å². The van der Waals surface area contributed by atoms with Gasteiger partial charge in [-0.2, -0.15) is 0 Å².